The van der Waals surface area contributed by atoms with Gasteiger partial charge in [-0.15, -0.1) is 0 Å². The summed E-state index contributed by atoms with van der Waals surface area (Å²) in [5.74, 6) is -0.629. The summed E-state index contributed by atoms with van der Waals surface area (Å²) >= 11 is 0. The van der Waals surface area contributed by atoms with Crippen LogP contribution in [0, 0.1) is 6.92 Å². The molecule has 3 aromatic carbocycles. The van der Waals surface area contributed by atoms with Crippen LogP contribution in [-0.4, -0.2) is 21.6 Å². The number of nitrogens with one attached hydrogen (secondary N) is 1. The zero-order valence-corrected chi connectivity index (χ0v) is 21.2. The van der Waals surface area contributed by atoms with Gasteiger partial charge in [-0.2, -0.15) is 18.3 Å². The van der Waals surface area contributed by atoms with E-state index in [0.29, 0.717) is 33.9 Å². The third-order valence-electron chi connectivity index (χ3n) is 6.76. The molecule has 6 nitrogen and oxygen atoms in total. The molecule has 0 atom stereocenters. The Morgan fingerprint density at radius 3 is 2.34 bits per heavy atom. The van der Waals surface area contributed by atoms with Crippen molar-refractivity contribution in [3.8, 4) is 11.1 Å². The van der Waals surface area contributed by atoms with Crippen molar-refractivity contribution in [2.45, 2.75) is 32.4 Å². The van der Waals surface area contributed by atoms with Gasteiger partial charge in [0.2, 0.25) is 5.91 Å². The molecule has 0 fully saturated rings. The Bertz CT molecular complexity index is 1570. The second kappa shape index (κ2) is 8.86. The van der Waals surface area contributed by atoms with Crippen LogP contribution in [0.2, 0.25) is 0 Å². The maximum absolute atomic E-state index is 13.9. The Balaban J connectivity index is 1.64. The summed E-state index contributed by atoms with van der Waals surface area (Å²) in [6.07, 6.45) is -3.01. The van der Waals surface area contributed by atoms with E-state index in [2.05, 4.69) is 10.4 Å². The maximum Gasteiger partial charge on any atom is 0.417 e. The van der Waals surface area contributed by atoms with Gasteiger partial charge < -0.3 is 5.32 Å². The van der Waals surface area contributed by atoms with E-state index in [1.165, 1.54) is 17.0 Å². The van der Waals surface area contributed by atoms with Crippen LogP contribution >= 0.6 is 0 Å². The number of aromatic nitrogens is 2. The van der Waals surface area contributed by atoms with E-state index in [4.69, 9.17) is 0 Å². The molecule has 0 spiro atoms. The van der Waals surface area contributed by atoms with Crippen molar-refractivity contribution in [1.29, 1.82) is 0 Å². The van der Waals surface area contributed by atoms with Crippen molar-refractivity contribution in [2.75, 3.05) is 10.2 Å². The number of benzene rings is 3. The number of nitrogens with zero attached hydrogens (tertiary/aromatic N) is 3. The molecule has 194 valence electrons. The third kappa shape index (κ3) is 4.23. The highest BCUT2D eigenvalue weighted by Crippen LogP contribution is 2.49. The van der Waals surface area contributed by atoms with Crippen LogP contribution in [0.15, 0.2) is 72.9 Å². The van der Waals surface area contributed by atoms with Gasteiger partial charge >= 0.3 is 6.18 Å². The molecule has 9 heteroatoms. The first-order valence-corrected chi connectivity index (χ1v) is 12.0. The lowest BCUT2D eigenvalue weighted by Gasteiger charge is -2.21. The topological polar surface area (TPSA) is 67.2 Å². The van der Waals surface area contributed by atoms with Gasteiger partial charge in [-0.25, -0.2) is 0 Å². The Kier molecular flexibility index (Phi) is 5.89. The molecule has 0 bridgehead atoms. The predicted molar refractivity (Wildman–Crippen MR) is 139 cm³/mol. The Hall–Kier alpha value is -4.40. The molecule has 38 heavy (non-hydrogen) atoms. The molecule has 5 rings (SSSR count). The van der Waals surface area contributed by atoms with Crippen LogP contribution < -0.4 is 10.2 Å². The Labute approximate surface area is 217 Å². The molecule has 2 heterocycles. The molecule has 1 aliphatic rings. The number of alkyl halides is 3. The fourth-order valence-corrected chi connectivity index (χ4v) is 4.85. The maximum atomic E-state index is 13.9. The molecular weight excluding hydrogens is 493 g/mol. The van der Waals surface area contributed by atoms with Crippen molar-refractivity contribution in [1.82, 2.24) is 9.78 Å². The molecule has 4 aromatic rings. The van der Waals surface area contributed by atoms with Crippen LogP contribution in [0.4, 0.5) is 30.4 Å². The fraction of sp³-hybridized carbons (Fsp3) is 0.207. The highest BCUT2D eigenvalue weighted by molar-refractivity contribution is 6.14. The van der Waals surface area contributed by atoms with Crippen LogP contribution in [0.25, 0.3) is 11.1 Å². The second-order valence-corrected chi connectivity index (χ2v) is 9.89. The summed E-state index contributed by atoms with van der Waals surface area (Å²) in [4.78, 5) is 28.2. The average molecular weight is 519 g/mol. The number of halogens is 3. The number of fused-ring (bicyclic) bond motifs is 1. The summed E-state index contributed by atoms with van der Waals surface area (Å²) < 4.78 is 43.4. The summed E-state index contributed by atoms with van der Waals surface area (Å²) in [5.41, 5.74) is 1.03. The zero-order chi connectivity index (χ0) is 27.4. The van der Waals surface area contributed by atoms with Gasteiger partial charge in [0.1, 0.15) is 0 Å². The minimum absolute atomic E-state index is 0.206. The fourth-order valence-electron chi connectivity index (χ4n) is 4.85. The SMILES string of the molecule is Cc1ccc(NC(=O)c2cc(-c3cccc4c3C(C)(C)C(=O)N4c3ccn(C)n3)ccc2C(F)(F)F)cc1. The summed E-state index contributed by atoms with van der Waals surface area (Å²) in [5, 5.41) is 6.95. The summed E-state index contributed by atoms with van der Waals surface area (Å²) in [6.45, 7) is 5.42. The molecule has 1 aliphatic heterocycles. The zero-order valence-electron chi connectivity index (χ0n) is 21.2. The smallest absolute Gasteiger partial charge is 0.322 e. The van der Waals surface area contributed by atoms with Gasteiger partial charge in [-0.05, 0) is 67.8 Å². The first kappa shape index (κ1) is 25.3. The van der Waals surface area contributed by atoms with Crippen molar-refractivity contribution in [3.05, 3.63) is 95.2 Å². The van der Waals surface area contributed by atoms with Gasteiger partial charge in [-0.3, -0.25) is 19.2 Å². The standard InChI is InChI=1S/C29H25F3N4O2/c1-17-8-11-19(12-9-17)33-26(37)21-16-18(10-13-22(21)29(30,31)32)20-6-5-7-23-25(20)28(2,3)27(38)36(23)24-14-15-35(4)34-24/h5-16H,1-4H3,(H,33,37). The van der Waals surface area contributed by atoms with Crippen LogP contribution in [-0.2, 0) is 23.4 Å². The van der Waals surface area contributed by atoms with Gasteiger partial charge in [-0.1, -0.05) is 35.9 Å². The van der Waals surface area contributed by atoms with Gasteiger partial charge in [0.25, 0.3) is 5.91 Å². The first-order valence-electron chi connectivity index (χ1n) is 12.0. The summed E-state index contributed by atoms with van der Waals surface area (Å²) in [6, 6.07) is 17.3. The molecule has 0 radical (unpaired) electrons. The lowest BCUT2D eigenvalue weighted by atomic mass is 9.81. The van der Waals surface area contributed by atoms with E-state index >= 15 is 0 Å². The lowest BCUT2D eigenvalue weighted by molar-refractivity contribution is -0.137. The van der Waals surface area contributed by atoms with Crippen LogP contribution in [0.1, 0.15) is 40.9 Å². The molecule has 0 unspecified atom stereocenters. The highest BCUT2D eigenvalue weighted by Gasteiger charge is 2.47. The Morgan fingerprint density at radius 1 is 1.00 bits per heavy atom. The summed E-state index contributed by atoms with van der Waals surface area (Å²) in [7, 11) is 1.75. The number of carbonyl (C=O) groups is 2. The molecule has 1 N–H and O–H groups in total. The number of hydrogen-bond donors (Lipinski definition) is 1. The number of hydrogen-bond acceptors (Lipinski definition) is 3. The number of anilines is 3. The highest BCUT2D eigenvalue weighted by atomic mass is 19.4. The number of aryl methyl sites for hydroxylation is 2. The minimum Gasteiger partial charge on any atom is -0.322 e. The van der Waals surface area contributed by atoms with E-state index < -0.39 is 28.6 Å². The molecule has 2 amide bonds. The molecule has 0 saturated heterocycles. The number of carbonyl (C=O) groups excluding carboxylic acids is 2. The predicted octanol–water partition coefficient (Wildman–Crippen LogP) is 6.62. The monoisotopic (exact) mass is 518 g/mol. The van der Waals surface area contributed by atoms with Crippen molar-refractivity contribution >= 4 is 29.0 Å². The molecule has 1 aromatic heterocycles. The number of rotatable bonds is 4. The van der Waals surface area contributed by atoms with E-state index in [1.54, 1.807) is 80.3 Å². The van der Waals surface area contributed by atoms with E-state index in [0.717, 1.165) is 11.6 Å². The average Bonchev–Trinajstić information content (AvgIpc) is 3.37. The first-order chi connectivity index (χ1) is 17.9. The lowest BCUT2D eigenvalue weighted by Crippen LogP contribution is -2.33. The van der Waals surface area contributed by atoms with E-state index in [9.17, 15) is 22.8 Å². The third-order valence-corrected chi connectivity index (χ3v) is 6.76. The van der Waals surface area contributed by atoms with Crippen molar-refractivity contribution in [2.24, 2.45) is 7.05 Å². The normalized spacial score (nSPS) is 14.5. The number of amides is 2. The van der Waals surface area contributed by atoms with Crippen LogP contribution in [0.3, 0.4) is 0 Å². The van der Waals surface area contributed by atoms with E-state index in [-0.39, 0.29) is 5.91 Å². The minimum atomic E-state index is -4.73. The Morgan fingerprint density at radius 2 is 1.71 bits per heavy atom. The largest absolute Gasteiger partial charge is 0.417 e. The second-order valence-electron chi connectivity index (χ2n) is 9.89. The van der Waals surface area contributed by atoms with Gasteiger partial charge in [0.15, 0.2) is 5.82 Å². The van der Waals surface area contributed by atoms with Crippen LogP contribution in [0.5, 0.6) is 0 Å². The van der Waals surface area contributed by atoms with E-state index in [1.807, 2.05) is 6.92 Å². The van der Waals surface area contributed by atoms with Gasteiger partial charge in [0.05, 0.1) is 22.2 Å². The quantitative estimate of drug-likeness (QED) is 0.330. The molecule has 0 aliphatic carbocycles. The van der Waals surface area contributed by atoms with Crippen molar-refractivity contribution < 1.29 is 22.8 Å². The van der Waals surface area contributed by atoms with Gasteiger partial charge in [0, 0.05) is 25.0 Å². The molecule has 0 saturated carbocycles. The molecular formula is C29H25F3N4O2. The van der Waals surface area contributed by atoms with Crippen molar-refractivity contribution in [3.63, 3.8) is 0 Å².